The molecular formula is C16H32O. The molecule has 0 fully saturated rings. The van der Waals surface area contributed by atoms with Crippen LogP contribution in [0.15, 0.2) is 12.7 Å². The lowest BCUT2D eigenvalue weighted by molar-refractivity contribution is 0.0587. The van der Waals surface area contributed by atoms with E-state index in [0.717, 1.165) is 13.0 Å². The highest BCUT2D eigenvalue weighted by molar-refractivity contribution is 4.79. The average molecular weight is 240 g/mol. The predicted molar refractivity (Wildman–Crippen MR) is 77.4 cm³/mol. The smallest absolute Gasteiger partial charge is 0.0753 e. The Labute approximate surface area is 109 Å². The molecule has 0 saturated heterocycles. The van der Waals surface area contributed by atoms with Crippen molar-refractivity contribution in [2.75, 3.05) is 6.61 Å². The largest absolute Gasteiger partial charge is 0.374 e. The fraction of sp³-hybridized carbons (Fsp3) is 0.875. The molecule has 0 N–H and O–H groups in total. The maximum Gasteiger partial charge on any atom is 0.0753 e. The molecule has 0 spiro atoms. The lowest BCUT2D eigenvalue weighted by Crippen LogP contribution is -2.13. The van der Waals surface area contributed by atoms with Gasteiger partial charge in [-0.05, 0) is 12.3 Å². The van der Waals surface area contributed by atoms with Crippen LogP contribution in [0.1, 0.15) is 72.1 Å². The molecule has 1 nitrogen and oxygen atoms in total. The Balaban J connectivity index is 3.34. The van der Waals surface area contributed by atoms with Crippen molar-refractivity contribution in [2.45, 2.75) is 78.2 Å². The van der Waals surface area contributed by atoms with E-state index in [1.54, 1.807) is 0 Å². The zero-order chi connectivity index (χ0) is 12.9. The van der Waals surface area contributed by atoms with E-state index in [4.69, 9.17) is 4.74 Å². The van der Waals surface area contributed by atoms with E-state index in [1.807, 2.05) is 6.08 Å². The fourth-order valence-corrected chi connectivity index (χ4v) is 1.89. The van der Waals surface area contributed by atoms with Crippen LogP contribution in [-0.2, 0) is 4.74 Å². The highest BCUT2D eigenvalue weighted by Crippen LogP contribution is 2.12. The summed E-state index contributed by atoms with van der Waals surface area (Å²) in [6.07, 6.45) is 12.9. The van der Waals surface area contributed by atoms with Crippen molar-refractivity contribution >= 4 is 0 Å². The third-order valence-electron chi connectivity index (χ3n) is 3.00. The molecule has 0 saturated carbocycles. The maximum atomic E-state index is 5.78. The highest BCUT2D eigenvalue weighted by atomic mass is 16.5. The van der Waals surface area contributed by atoms with E-state index >= 15 is 0 Å². The summed E-state index contributed by atoms with van der Waals surface area (Å²) >= 11 is 0. The van der Waals surface area contributed by atoms with Crippen LogP contribution in [0, 0.1) is 5.92 Å². The van der Waals surface area contributed by atoms with Crippen LogP contribution in [0.3, 0.4) is 0 Å². The molecule has 0 aliphatic rings. The third kappa shape index (κ3) is 12.0. The van der Waals surface area contributed by atoms with E-state index in [9.17, 15) is 0 Å². The van der Waals surface area contributed by atoms with Gasteiger partial charge in [0.05, 0.1) is 6.10 Å². The summed E-state index contributed by atoms with van der Waals surface area (Å²) in [5.41, 5.74) is 0. The van der Waals surface area contributed by atoms with E-state index in [1.165, 1.54) is 44.9 Å². The third-order valence-corrected chi connectivity index (χ3v) is 3.00. The summed E-state index contributed by atoms with van der Waals surface area (Å²) < 4.78 is 5.78. The van der Waals surface area contributed by atoms with Crippen LogP contribution in [0.4, 0.5) is 0 Å². The summed E-state index contributed by atoms with van der Waals surface area (Å²) in [4.78, 5) is 0. The first-order valence-electron chi connectivity index (χ1n) is 7.44. The van der Waals surface area contributed by atoms with E-state index in [2.05, 4.69) is 27.4 Å². The second-order valence-electron chi connectivity index (χ2n) is 5.41. The molecule has 0 aromatic heterocycles. The lowest BCUT2D eigenvalue weighted by Gasteiger charge is -2.15. The Kier molecular flexibility index (Phi) is 12.0. The number of unbranched alkanes of at least 4 members (excludes halogenated alkanes) is 6. The molecule has 102 valence electrons. The number of rotatable bonds is 12. The van der Waals surface area contributed by atoms with Crippen LogP contribution in [0.5, 0.6) is 0 Å². The van der Waals surface area contributed by atoms with Gasteiger partial charge in [-0.25, -0.2) is 0 Å². The highest BCUT2D eigenvalue weighted by Gasteiger charge is 2.05. The van der Waals surface area contributed by atoms with Crippen molar-refractivity contribution in [3.8, 4) is 0 Å². The summed E-state index contributed by atoms with van der Waals surface area (Å²) in [5, 5.41) is 0. The zero-order valence-electron chi connectivity index (χ0n) is 12.2. The summed E-state index contributed by atoms with van der Waals surface area (Å²) in [6.45, 7) is 11.3. The topological polar surface area (TPSA) is 9.23 Å². The molecule has 0 amide bonds. The second kappa shape index (κ2) is 12.2. The molecule has 0 bridgehead atoms. The molecule has 1 atom stereocenters. The first-order valence-corrected chi connectivity index (χ1v) is 7.44. The monoisotopic (exact) mass is 240 g/mol. The van der Waals surface area contributed by atoms with Crippen LogP contribution in [-0.4, -0.2) is 12.7 Å². The predicted octanol–water partition coefficient (Wildman–Crippen LogP) is 5.35. The van der Waals surface area contributed by atoms with Crippen molar-refractivity contribution < 1.29 is 4.74 Å². The standard InChI is InChI=1S/C16H32O/c1-5-7-8-9-10-11-12-13-16(6-2)17-14-15(3)4/h6,15-16H,2,5,7-14H2,1,3-4H3. The van der Waals surface area contributed by atoms with Gasteiger partial charge < -0.3 is 4.74 Å². The molecule has 0 aromatic carbocycles. The van der Waals surface area contributed by atoms with Crippen molar-refractivity contribution in [1.29, 1.82) is 0 Å². The van der Waals surface area contributed by atoms with Crippen molar-refractivity contribution in [3.05, 3.63) is 12.7 Å². The van der Waals surface area contributed by atoms with Gasteiger partial charge in [-0.15, -0.1) is 6.58 Å². The van der Waals surface area contributed by atoms with Crippen molar-refractivity contribution in [1.82, 2.24) is 0 Å². The Morgan fingerprint density at radius 3 is 2.12 bits per heavy atom. The van der Waals surface area contributed by atoms with E-state index in [-0.39, 0.29) is 6.10 Å². The van der Waals surface area contributed by atoms with E-state index in [0.29, 0.717) is 5.92 Å². The van der Waals surface area contributed by atoms with E-state index < -0.39 is 0 Å². The number of hydrogen-bond donors (Lipinski definition) is 0. The molecule has 0 rings (SSSR count). The van der Waals surface area contributed by atoms with Gasteiger partial charge in [-0.2, -0.15) is 0 Å². The quantitative estimate of drug-likeness (QED) is 0.330. The zero-order valence-corrected chi connectivity index (χ0v) is 12.2. The summed E-state index contributed by atoms with van der Waals surface area (Å²) in [5.74, 6) is 0.617. The molecule has 17 heavy (non-hydrogen) atoms. The van der Waals surface area contributed by atoms with Crippen LogP contribution < -0.4 is 0 Å². The molecule has 0 aliphatic carbocycles. The fourth-order valence-electron chi connectivity index (χ4n) is 1.89. The normalized spacial score (nSPS) is 12.9. The Morgan fingerprint density at radius 1 is 1.00 bits per heavy atom. The first kappa shape index (κ1) is 16.7. The molecule has 0 radical (unpaired) electrons. The molecule has 0 aliphatic heterocycles. The van der Waals surface area contributed by atoms with Gasteiger partial charge in [-0.1, -0.05) is 71.8 Å². The van der Waals surface area contributed by atoms with Crippen LogP contribution in [0.2, 0.25) is 0 Å². The number of hydrogen-bond acceptors (Lipinski definition) is 1. The van der Waals surface area contributed by atoms with Gasteiger partial charge in [-0.3, -0.25) is 0 Å². The minimum Gasteiger partial charge on any atom is -0.374 e. The van der Waals surface area contributed by atoms with Gasteiger partial charge in [0.2, 0.25) is 0 Å². The summed E-state index contributed by atoms with van der Waals surface area (Å²) in [7, 11) is 0. The Bertz CT molecular complexity index is 163. The van der Waals surface area contributed by atoms with Crippen molar-refractivity contribution in [2.24, 2.45) is 5.92 Å². The first-order chi connectivity index (χ1) is 8.20. The van der Waals surface area contributed by atoms with Crippen molar-refractivity contribution in [3.63, 3.8) is 0 Å². The van der Waals surface area contributed by atoms with Gasteiger partial charge in [0.1, 0.15) is 0 Å². The minimum absolute atomic E-state index is 0.271. The van der Waals surface area contributed by atoms with Gasteiger partial charge in [0, 0.05) is 6.61 Å². The van der Waals surface area contributed by atoms with Gasteiger partial charge in [0.25, 0.3) is 0 Å². The lowest BCUT2D eigenvalue weighted by atomic mass is 10.1. The molecule has 0 aromatic rings. The van der Waals surface area contributed by atoms with Crippen LogP contribution >= 0.6 is 0 Å². The SMILES string of the molecule is C=CC(CCCCCCCCC)OCC(C)C. The molecular weight excluding hydrogens is 208 g/mol. The second-order valence-corrected chi connectivity index (χ2v) is 5.41. The molecule has 1 heteroatoms. The van der Waals surface area contributed by atoms with Gasteiger partial charge >= 0.3 is 0 Å². The molecule has 0 heterocycles. The Morgan fingerprint density at radius 2 is 1.59 bits per heavy atom. The van der Waals surface area contributed by atoms with Crippen LogP contribution in [0.25, 0.3) is 0 Å². The molecule has 1 unspecified atom stereocenters. The average Bonchev–Trinajstić information content (AvgIpc) is 2.31. The summed E-state index contributed by atoms with van der Waals surface area (Å²) in [6, 6.07) is 0. The maximum absolute atomic E-state index is 5.78. The Hall–Kier alpha value is -0.300. The van der Waals surface area contributed by atoms with Gasteiger partial charge in [0.15, 0.2) is 0 Å². The number of ether oxygens (including phenoxy) is 1. The minimum atomic E-state index is 0.271.